The molecule has 0 saturated carbocycles. The fourth-order valence-electron chi connectivity index (χ4n) is 1.61. The van der Waals surface area contributed by atoms with Crippen molar-refractivity contribution in [2.75, 3.05) is 20.2 Å². The first-order chi connectivity index (χ1) is 8.42. The number of methoxy groups -OCH3 is 1. The molecule has 102 valence electrons. The zero-order valence-corrected chi connectivity index (χ0v) is 13.2. The Kier molecular flexibility index (Phi) is 6.12. The highest BCUT2D eigenvalue weighted by atomic mass is 79.9. The number of rotatable bonds is 6. The van der Waals surface area contributed by atoms with E-state index in [9.17, 15) is 0 Å². The Bertz CT molecular complexity index is 375. The van der Waals surface area contributed by atoms with Gasteiger partial charge in [-0.25, -0.2) is 0 Å². The number of ether oxygens (including phenoxy) is 1. The van der Waals surface area contributed by atoms with Gasteiger partial charge in [0, 0.05) is 35.2 Å². The normalized spacial score (nSPS) is 11.6. The summed E-state index contributed by atoms with van der Waals surface area (Å²) in [5.41, 5.74) is 1.35. The molecule has 0 amide bonds. The number of halogens is 1. The van der Waals surface area contributed by atoms with Crippen molar-refractivity contribution in [1.82, 2.24) is 10.6 Å². The van der Waals surface area contributed by atoms with E-state index in [2.05, 4.69) is 53.4 Å². The zero-order valence-electron chi connectivity index (χ0n) is 11.6. The summed E-state index contributed by atoms with van der Waals surface area (Å²) in [4.78, 5) is 0. The van der Waals surface area contributed by atoms with Gasteiger partial charge in [0.05, 0.1) is 7.11 Å². The van der Waals surface area contributed by atoms with Crippen LogP contribution in [0.3, 0.4) is 0 Å². The zero-order chi connectivity index (χ0) is 13.6. The second kappa shape index (κ2) is 7.12. The van der Waals surface area contributed by atoms with Crippen LogP contribution in [0.15, 0.2) is 22.7 Å². The Morgan fingerprint density at radius 2 is 1.94 bits per heavy atom. The molecule has 0 aliphatic carbocycles. The minimum Gasteiger partial charge on any atom is -0.496 e. The molecule has 0 unspecified atom stereocenters. The Hall–Kier alpha value is -0.580. The third-order valence-corrected chi connectivity index (χ3v) is 3.01. The van der Waals surface area contributed by atoms with Crippen LogP contribution in [0, 0.1) is 0 Å². The molecule has 0 aliphatic rings. The smallest absolute Gasteiger partial charge is 0.124 e. The highest BCUT2D eigenvalue weighted by molar-refractivity contribution is 9.10. The predicted octanol–water partition coefficient (Wildman–Crippen LogP) is 2.94. The van der Waals surface area contributed by atoms with Crippen molar-refractivity contribution in [3.8, 4) is 5.75 Å². The largest absolute Gasteiger partial charge is 0.496 e. The minimum atomic E-state index is 0.178. The first-order valence-corrected chi connectivity index (χ1v) is 7.00. The number of benzene rings is 1. The molecule has 0 bridgehead atoms. The van der Waals surface area contributed by atoms with Crippen LogP contribution in [-0.2, 0) is 6.54 Å². The van der Waals surface area contributed by atoms with Crippen molar-refractivity contribution in [2.45, 2.75) is 32.9 Å². The van der Waals surface area contributed by atoms with Gasteiger partial charge in [-0.15, -0.1) is 0 Å². The maximum absolute atomic E-state index is 5.35. The molecule has 0 aromatic heterocycles. The molecule has 0 aliphatic heterocycles. The summed E-state index contributed by atoms with van der Waals surface area (Å²) >= 11 is 3.44. The van der Waals surface area contributed by atoms with E-state index in [0.717, 1.165) is 29.9 Å². The van der Waals surface area contributed by atoms with Crippen molar-refractivity contribution in [3.05, 3.63) is 28.2 Å². The lowest BCUT2D eigenvalue weighted by molar-refractivity contribution is 0.404. The summed E-state index contributed by atoms with van der Waals surface area (Å²) < 4.78 is 6.39. The summed E-state index contributed by atoms with van der Waals surface area (Å²) in [5.74, 6) is 0.917. The molecule has 18 heavy (non-hydrogen) atoms. The molecule has 0 radical (unpaired) electrons. The SMILES string of the molecule is COc1cc(Br)ccc1CNCCNC(C)(C)C. The molecule has 0 saturated heterocycles. The number of hydrogen-bond acceptors (Lipinski definition) is 3. The van der Waals surface area contributed by atoms with Crippen molar-refractivity contribution < 1.29 is 4.74 Å². The summed E-state index contributed by atoms with van der Waals surface area (Å²) in [7, 11) is 1.70. The first-order valence-electron chi connectivity index (χ1n) is 6.20. The van der Waals surface area contributed by atoms with Crippen LogP contribution >= 0.6 is 15.9 Å². The van der Waals surface area contributed by atoms with E-state index in [1.54, 1.807) is 7.11 Å². The molecule has 0 heterocycles. The molecule has 1 aromatic carbocycles. The van der Waals surface area contributed by atoms with Crippen molar-refractivity contribution in [1.29, 1.82) is 0 Å². The standard InChI is InChI=1S/C14H23BrN2O/c1-14(2,3)17-8-7-16-10-11-5-6-12(15)9-13(11)18-4/h5-6,9,16-17H,7-8,10H2,1-4H3. The van der Waals surface area contributed by atoms with Gasteiger partial charge in [-0.05, 0) is 32.9 Å². The summed E-state index contributed by atoms with van der Waals surface area (Å²) in [6.45, 7) is 9.24. The molecular formula is C14H23BrN2O. The monoisotopic (exact) mass is 314 g/mol. The molecule has 0 spiro atoms. The van der Waals surface area contributed by atoms with Crippen LogP contribution in [0.25, 0.3) is 0 Å². The van der Waals surface area contributed by atoms with Crippen LogP contribution in [0.4, 0.5) is 0 Å². The third kappa shape index (κ3) is 5.85. The molecule has 0 fully saturated rings. The molecule has 3 nitrogen and oxygen atoms in total. The Morgan fingerprint density at radius 3 is 2.56 bits per heavy atom. The van der Waals surface area contributed by atoms with Crippen LogP contribution in [-0.4, -0.2) is 25.7 Å². The first kappa shape index (κ1) is 15.5. The quantitative estimate of drug-likeness (QED) is 0.792. The van der Waals surface area contributed by atoms with Crippen LogP contribution < -0.4 is 15.4 Å². The van der Waals surface area contributed by atoms with Gasteiger partial charge in [-0.3, -0.25) is 0 Å². The number of hydrogen-bond donors (Lipinski definition) is 2. The van der Waals surface area contributed by atoms with Crippen molar-refractivity contribution in [3.63, 3.8) is 0 Å². The fourth-order valence-corrected chi connectivity index (χ4v) is 1.95. The topological polar surface area (TPSA) is 33.3 Å². The van der Waals surface area contributed by atoms with Gasteiger partial charge in [0.25, 0.3) is 0 Å². The maximum atomic E-state index is 5.35. The highest BCUT2D eigenvalue weighted by Crippen LogP contribution is 2.23. The summed E-state index contributed by atoms with van der Waals surface area (Å²) in [6, 6.07) is 6.10. The number of nitrogens with one attached hydrogen (secondary N) is 2. The minimum absolute atomic E-state index is 0.178. The fraction of sp³-hybridized carbons (Fsp3) is 0.571. The van der Waals surface area contributed by atoms with Gasteiger partial charge in [-0.1, -0.05) is 22.0 Å². The molecule has 4 heteroatoms. The van der Waals surface area contributed by atoms with Crippen LogP contribution in [0.5, 0.6) is 5.75 Å². The summed E-state index contributed by atoms with van der Waals surface area (Å²) in [6.07, 6.45) is 0. The molecule has 0 atom stereocenters. The molecule has 1 aromatic rings. The van der Waals surface area contributed by atoms with Crippen molar-refractivity contribution in [2.24, 2.45) is 0 Å². The van der Waals surface area contributed by atoms with Gasteiger partial charge in [0.15, 0.2) is 0 Å². The Morgan fingerprint density at radius 1 is 1.22 bits per heavy atom. The van der Waals surface area contributed by atoms with Crippen molar-refractivity contribution >= 4 is 15.9 Å². The van der Waals surface area contributed by atoms with E-state index in [-0.39, 0.29) is 5.54 Å². The lowest BCUT2D eigenvalue weighted by Gasteiger charge is -2.20. The maximum Gasteiger partial charge on any atom is 0.124 e. The molecule has 1 rings (SSSR count). The Labute approximate surface area is 118 Å². The lowest BCUT2D eigenvalue weighted by Crippen LogP contribution is -2.40. The second-order valence-electron chi connectivity index (χ2n) is 5.31. The van der Waals surface area contributed by atoms with Crippen LogP contribution in [0.2, 0.25) is 0 Å². The summed E-state index contributed by atoms with van der Waals surface area (Å²) in [5, 5.41) is 6.86. The molecular weight excluding hydrogens is 292 g/mol. The van der Waals surface area contributed by atoms with E-state index in [1.807, 2.05) is 12.1 Å². The molecule has 2 N–H and O–H groups in total. The predicted molar refractivity (Wildman–Crippen MR) is 80.2 cm³/mol. The van der Waals surface area contributed by atoms with E-state index in [1.165, 1.54) is 5.56 Å². The van der Waals surface area contributed by atoms with Gasteiger partial charge in [0.1, 0.15) is 5.75 Å². The van der Waals surface area contributed by atoms with Gasteiger partial charge in [-0.2, -0.15) is 0 Å². The highest BCUT2D eigenvalue weighted by Gasteiger charge is 2.07. The van der Waals surface area contributed by atoms with E-state index in [0.29, 0.717) is 0 Å². The van der Waals surface area contributed by atoms with Gasteiger partial charge >= 0.3 is 0 Å². The Balaban J connectivity index is 2.35. The van der Waals surface area contributed by atoms with Gasteiger partial charge < -0.3 is 15.4 Å². The second-order valence-corrected chi connectivity index (χ2v) is 6.23. The lowest BCUT2D eigenvalue weighted by atomic mass is 10.1. The van der Waals surface area contributed by atoms with E-state index < -0.39 is 0 Å². The van der Waals surface area contributed by atoms with E-state index in [4.69, 9.17) is 4.74 Å². The van der Waals surface area contributed by atoms with Crippen LogP contribution in [0.1, 0.15) is 26.3 Å². The van der Waals surface area contributed by atoms with Gasteiger partial charge in [0.2, 0.25) is 0 Å². The average molecular weight is 315 g/mol. The van der Waals surface area contributed by atoms with E-state index >= 15 is 0 Å². The third-order valence-electron chi connectivity index (χ3n) is 2.52. The average Bonchev–Trinajstić information content (AvgIpc) is 2.28.